The first kappa shape index (κ1) is 13.0. The lowest BCUT2D eigenvalue weighted by atomic mass is 10.1. The molecule has 0 aliphatic heterocycles. The van der Waals surface area contributed by atoms with Crippen LogP contribution in [-0.4, -0.2) is 27.5 Å². The van der Waals surface area contributed by atoms with Gasteiger partial charge >= 0.3 is 0 Å². The average Bonchev–Trinajstić information content (AvgIpc) is 2.26. The van der Waals surface area contributed by atoms with Crippen LogP contribution in [0.4, 0.5) is 0 Å². The molecule has 0 aliphatic rings. The van der Waals surface area contributed by atoms with Gasteiger partial charge in [-0.2, -0.15) is 0 Å². The molecular formula is C11H16N4O2. The van der Waals surface area contributed by atoms with E-state index in [1.165, 1.54) is 12.3 Å². The molecule has 6 nitrogen and oxygen atoms in total. The molecule has 1 aromatic rings. The van der Waals surface area contributed by atoms with Gasteiger partial charge in [-0.15, -0.1) is 0 Å². The van der Waals surface area contributed by atoms with Crippen molar-refractivity contribution in [3.63, 3.8) is 0 Å². The summed E-state index contributed by atoms with van der Waals surface area (Å²) in [5.41, 5.74) is 5.81. The topological polar surface area (TPSA) is 101 Å². The lowest BCUT2D eigenvalue weighted by Gasteiger charge is -2.20. The lowest BCUT2D eigenvalue weighted by Crippen LogP contribution is -2.40. The number of hydrogen-bond acceptors (Lipinski definition) is 4. The first-order valence-corrected chi connectivity index (χ1v) is 5.10. The van der Waals surface area contributed by atoms with Gasteiger partial charge in [0.2, 0.25) is 0 Å². The number of carbonyl (C=O) groups excluding carboxylic acids is 1. The highest BCUT2D eigenvalue weighted by Gasteiger charge is 2.16. The Hall–Kier alpha value is -2.11. The molecule has 4 N–H and O–H groups in total. The van der Waals surface area contributed by atoms with Crippen molar-refractivity contribution in [1.29, 1.82) is 0 Å². The zero-order chi connectivity index (χ0) is 13.1. The predicted molar refractivity (Wildman–Crippen MR) is 64.0 cm³/mol. The Balaban J connectivity index is 2.85. The highest BCUT2D eigenvalue weighted by atomic mass is 16.4. The van der Waals surface area contributed by atoms with Crippen LogP contribution in [0.3, 0.4) is 0 Å². The minimum absolute atomic E-state index is 0.0414. The van der Waals surface area contributed by atoms with E-state index in [9.17, 15) is 4.79 Å². The fourth-order valence-electron chi connectivity index (χ4n) is 1.14. The van der Waals surface area contributed by atoms with Crippen molar-refractivity contribution in [2.45, 2.75) is 26.3 Å². The Labute approximate surface area is 99.5 Å². The van der Waals surface area contributed by atoms with Crippen LogP contribution >= 0.6 is 0 Å². The largest absolute Gasteiger partial charge is 0.409 e. The lowest BCUT2D eigenvalue weighted by molar-refractivity contribution is 0.0914. The van der Waals surface area contributed by atoms with Gasteiger partial charge in [-0.25, -0.2) is 0 Å². The van der Waals surface area contributed by atoms with E-state index in [1.54, 1.807) is 6.07 Å². The molecule has 6 heteroatoms. The van der Waals surface area contributed by atoms with E-state index >= 15 is 0 Å². The van der Waals surface area contributed by atoms with Gasteiger partial charge < -0.3 is 16.3 Å². The smallest absolute Gasteiger partial charge is 0.270 e. The summed E-state index contributed by atoms with van der Waals surface area (Å²) in [6, 6.07) is 3.09. The molecule has 0 atom stereocenters. The van der Waals surface area contributed by atoms with Gasteiger partial charge in [-0.3, -0.25) is 9.78 Å². The van der Waals surface area contributed by atoms with Crippen LogP contribution in [0.25, 0.3) is 0 Å². The summed E-state index contributed by atoms with van der Waals surface area (Å²) in [5.74, 6) is -0.302. The fraction of sp³-hybridized carbons (Fsp3) is 0.364. The second-order valence-electron chi connectivity index (χ2n) is 4.62. The summed E-state index contributed by atoms with van der Waals surface area (Å²) in [4.78, 5) is 15.7. The van der Waals surface area contributed by atoms with Crippen molar-refractivity contribution in [1.82, 2.24) is 10.3 Å². The molecule has 0 bridgehead atoms. The van der Waals surface area contributed by atoms with E-state index in [1.807, 2.05) is 20.8 Å². The summed E-state index contributed by atoms with van der Waals surface area (Å²) in [6.45, 7) is 5.65. The first-order valence-electron chi connectivity index (χ1n) is 5.10. The Morgan fingerprint density at radius 3 is 2.53 bits per heavy atom. The maximum atomic E-state index is 11.7. The molecule has 0 spiro atoms. The fourth-order valence-corrected chi connectivity index (χ4v) is 1.14. The number of oxime groups is 1. The third kappa shape index (κ3) is 3.75. The SMILES string of the molecule is CC(C)(C)NC(=O)c1ccc(C(N)=NO)cn1. The van der Waals surface area contributed by atoms with E-state index < -0.39 is 0 Å². The predicted octanol–water partition coefficient (Wildman–Crippen LogP) is 0.704. The molecule has 17 heavy (non-hydrogen) atoms. The van der Waals surface area contributed by atoms with Gasteiger partial charge in [-0.05, 0) is 32.9 Å². The summed E-state index contributed by atoms with van der Waals surface area (Å²) >= 11 is 0. The summed E-state index contributed by atoms with van der Waals surface area (Å²) in [5, 5.41) is 14.1. The second-order valence-corrected chi connectivity index (χ2v) is 4.62. The number of nitrogens with zero attached hydrogens (tertiary/aromatic N) is 2. The first-order chi connectivity index (χ1) is 7.83. The molecule has 1 rings (SSSR count). The molecule has 0 radical (unpaired) electrons. The van der Waals surface area contributed by atoms with Gasteiger partial charge in [0.15, 0.2) is 5.84 Å². The minimum Gasteiger partial charge on any atom is -0.409 e. The number of rotatable bonds is 2. The van der Waals surface area contributed by atoms with E-state index in [2.05, 4.69) is 15.5 Å². The third-order valence-corrected chi connectivity index (χ3v) is 1.89. The number of nitrogens with one attached hydrogen (secondary N) is 1. The molecular weight excluding hydrogens is 220 g/mol. The van der Waals surface area contributed by atoms with Crippen molar-refractivity contribution in [2.75, 3.05) is 0 Å². The summed E-state index contributed by atoms with van der Waals surface area (Å²) in [7, 11) is 0. The highest BCUT2D eigenvalue weighted by Crippen LogP contribution is 2.04. The number of aromatic nitrogens is 1. The Bertz CT molecular complexity index is 432. The molecule has 1 amide bonds. The number of amides is 1. The van der Waals surface area contributed by atoms with Crippen molar-refractivity contribution in [3.05, 3.63) is 29.6 Å². The van der Waals surface area contributed by atoms with Crippen LogP contribution in [0, 0.1) is 0 Å². The molecule has 0 saturated carbocycles. The number of amidine groups is 1. The van der Waals surface area contributed by atoms with Crippen LogP contribution in [0.15, 0.2) is 23.5 Å². The van der Waals surface area contributed by atoms with Gasteiger partial charge in [-0.1, -0.05) is 5.16 Å². The third-order valence-electron chi connectivity index (χ3n) is 1.89. The van der Waals surface area contributed by atoms with Crippen molar-refractivity contribution >= 4 is 11.7 Å². The van der Waals surface area contributed by atoms with Gasteiger partial charge in [0.05, 0.1) is 0 Å². The van der Waals surface area contributed by atoms with Crippen molar-refractivity contribution < 1.29 is 10.0 Å². The van der Waals surface area contributed by atoms with Gasteiger partial charge in [0, 0.05) is 17.3 Å². The Morgan fingerprint density at radius 2 is 2.12 bits per heavy atom. The maximum absolute atomic E-state index is 11.7. The van der Waals surface area contributed by atoms with E-state index in [-0.39, 0.29) is 23.0 Å². The van der Waals surface area contributed by atoms with E-state index in [0.717, 1.165) is 0 Å². The normalized spacial score (nSPS) is 12.3. The maximum Gasteiger partial charge on any atom is 0.270 e. The standard InChI is InChI=1S/C11H16N4O2/c1-11(2,3)14-10(16)8-5-4-7(6-13-8)9(12)15-17/h4-6,17H,1-3H3,(H2,12,15)(H,14,16). The number of carbonyl (C=O) groups is 1. The second kappa shape index (κ2) is 4.82. The van der Waals surface area contributed by atoms with Crippen LogP contribution < -0.4 is 11.1 Å². The van der Waals surface area contributed by atoms with E-state index in [4.69, 9.17) is 10.9 Å². The molecule has 0 saturated heterocycles. The Morgan fingerprint density at radius 1 is 1.47 bits per heavy atom. The van der Waals surface area contributed by atoms with Crippen molar-refractivity contribution in [2.24, 2.45) is 10.9 Å². The minimum atomic E-state index is -0.316. The van der Waals surface area contributed by atoms with E-state index in [0.29, 0.717) is 5.56 Å². The molecule has 92 valence electrons. The monoisotopic (exact) mass is 236 g/mol. The average molecular weight is 236 g/mol. The van der Waals surface area contributed by atoms with Crippen LogP contribution in [0.2, 0.25) is 0 Å². The highest BCUT2D eigenvalue weighted by molar-refractivity contribution is 5.98. The molecule has 0 aliphatic carbocycles. The van der Waals surface area contributed by atoms with Gasteiger partial charge in [0.25, 0.3) is 5.91 Å². The number of nitrogens with two attached hydrogens (primary N) is 1. The molecule has 1 aromatic heterocycles. The summed E-state index contributed by atoms with van der Waals surface area (Å²) < 4.78 is 0. The molecule has 0 fully saturated rings. The zero-order valence-corrected chi connectivity index (χ0v) is 10.1. The molecule has 0 unspecified atom stereocenters. The van der Waals surface area contributed by atoms with Crippen LogP contribution in [0.5, 0.6) is 0 Å². The van der Waals surface area contributed by atoms with Crippen LogP contribution in [0.1, 0.15) is 36.8 Å². The molecule has 1 heterocycles. The summed E-state index contributed by atoms with van der Waals surface area (Å²) in [6.07, 6.45) is 1.38. The Kier molecular flexibility index (Phi) is 3.67. The van der Waals surface area contributed by atoms with Crippen molar-refractivity contribution in [3.8, 4) is 0 Å². The number of pyridine rings is 1. The zero-order valence-electron chi connectivity index (χ0n) is 10.1. The van der Waals surface area contributed by atoms with Gasteiger partial charge in [0.1, 0.15) is 5.69 Å². The number of hydrogen-bond donors (Lipinski definition) is 3. The quantitative estimate of drug-likeness (QED) is 0.304. The molecule has 0 aromatic carbocycles. The van der Waals surface area contributed by atoms with Crippen LogP contribution in [-0.2, 0) is 0 Å².